The van der Waals surface area contributed by atoms with Gasteiger partial charge in [-0.05, 0) is 52.0 Å². The van der Waals surface area contributed by atoms with E-state index in [4.69, 9.17) is 10.2 Å². The molecule has 1 aliphatic carbocycles. The highest BCUT2D eigenvalue weighted by Gasteiger charge is 2.46. The smallest absolute Gasteiger partial charge is 0.472 e. The summed E-state index contributed by atoms with van der Waals surface area (Å²) in [7, 11) is -5.69. The average molecular weight is 613 g/mol. The van der Waals surface area contributed by atoms with Crippen LogP contribution in [0.15, 0.2) is 51.7 Å². The molecule has 0 radical (unpaired) electrons. The normalized spacial score (nSPS) is 12.3. The van der Waals surface area contributed by atoms with Gasteiger partial charge in [0.1, 0.15) is 11.5 Å². The van der Waals surface area contributed by atoms with E-state index in [1.165, 1.54) is 30.7 Å². The first-order chi connectivity index (χ1) is 17.9. The predicted octanol–water partition coefficient (Wildman–Crippen LogP) is 5.93. The van der Waals surface area contributed by atoms with Crippen LogP contribution in [0.1, 0.15) is 47.8 Å². The van der Waals surface area contributed by atoms with Crippen LogP contribution in [0.5, 0.6) is 0 Å². The van der Waals surface area contributed by atoms with E-state index in [1.807, 2.05) is 13.8 Å². The number of amides is 1. The number of nitrogens with two attached hydrogens (primary N) is 1. The number of imidazole rings is 1. The van der Waals surface area contributed by atoms with Crippen LogP contribution in [-0.2, 0) is 29.4 Å². The number of alkyl halides is 3. The Morgan fingerprint density at radius 2 is 1.87 bits per heavy atom. The summed E-state index contributed by atoms with van der Waals surface area (Å²) in [5, 5.41) is 0. The molecule has 0 bridgehead atoms. The number of para-hydroxylation sites is 1. The number of hydrogen-bond donors (Lipinski definition) is 2. The van der Waals surface area contributed by atoms with Gasteiger partial charge in [-0.25, -0.2) is 4.98 Å². The quantitative estimate of drug-likeness (QED) is 0.242. The lowest BCUT2D eigenvalue weighted by Crippen LogP contribution is -2.30. The van der Waals surface area contributed by atoms with E-state index in [0.29, 0.717) is 51.1 Å². The van der Waals surface area contributed by atoms with Crippen LogP contribution in [0.2, 0.25) is 0 Å². The molecule has 0 spiro atoms. The summed E-state index contributed by atoms with van der Waals surface area (Å²) in [4.78, 5) is 17.1. The standard InChI is InChI=1S/C25H24BrF3N4O4S/c1-3-7-20-31-18(4-2)23(24(30)34)33(20)12-16-14-10-11-37-13-17(14)22(26)21(16)15-8-5-6-9-19(15)32-38(35,36)25(27,28)29/h5-6,8-11,13,32H,3-4,7,12H2,1-2H3,(H2,30,34). The molecule has 0 saturated heterocycles. The zero-order chi connectivity index (χ0) is 27.8. The maximum Gasteiger partial charge on any atom is 0.516 e. The molecule has 0 unspecified atom stereocenters. The third-order valence-corrected chi connectivity index (χ3v) is 8.02. The van der Waals surface area contributed by atoms with Crippen molar-refractivity contribution in [3.05, 3.63) is 70.1 Å². The third kappa shape index (κ3) is 4.92. The van der Waals surface area contributed by atoms with E-state index < -0.39 is 21.4 Å². The SMILES string of the molecule is CCCc1nc(CC)c(C(N)=O)n1Cc1c2ccocc-2c(Br)c1-c1ccccc1NS(=O)(=O)C(F)(F)F. The number of carbonyl (C=O) groups is 1. The monoisotopic (exact) mass is 612 g/mol. The van der Waals surface area contributed by atoms with Crippen LogP contribution in [0.4, 0.5) is 18.9 Å². The fraction of sp³-hybridized carbons (Fsp3) is 0.280. The minimum atomic E-state index is -5.69. The van der Waals surface area contributed by atoms with Crippen molar-refractivity contribution < 1.29 is 30.8 Å². The van der Waals surface area contributed by atoms with Crippen molar-refractivity contribution in [2.45, 2.75) is 45.2 Å². The van der Waals surface area contributed by atoms with Crippen molar-refractivity contribution in [1.82, 2.24) is 9.55 Å². The van der Waals surface area contributed by atoms with Crippen LogP contribution < -0.4 is 10.5 Å². The van der Waals surface area contributed by atoms with Gasteiger partial charge >= 0.3 is 15.5 Å². The van der Waals surface area contributed by atoms with Crippen molar-refractivity contribution >= 4 is 37.5 Å². The van der Waals surface area contributed by atoms with Gasteiger partial charge in [0, 0.05) is 27.6 Å². The third-order valence-electron chi connectivity index (χ3n) is 6.09. The number of halogens is 4. The Kier molecular flexibility index (Phi) is 7.62. The van der Waals surface area contributed by atoms with Gasteiger partial charge in [0.15, 0.2) is 0 Å². The molecule has 38 heavy (non-hydrogen) atoms. The number of nitrogens with one attached hydrogen (secondary N) is 1. The van der Waals surface area contributed by atoms with Crippen LogP contribution in [-0.4, -0.2) is 29.4 Å². The molecule has 0 fully saturated rings. The van der Waals surface area contributed by atoms with Crippen LogP contribution in [0, 0.1) is 0 Å². The Balaban J connectivity index is 1.99. The first-order valence-electron chi connectivity index (χ1n) is 11.6. The van der Waals surface area contributed by atoms with Crippen LogP contribution in [0.25, 0.3) is 22.3 Å². The van der Waals surface area contributed by atoms with Gasteiger partial charge in [-0.3, -0.25) is 9.52 Å². The van der Waals surface area contributed by atoms with Crippen molar-refractivity contribution in [3.63, 3.8) is 0 Å². The van der Waals surface area contributed by atoms with Gasteiger partial charge in [0.25, 0.3) is 5.91 Å². The summed E-state index contributed by atoms with van der Waals surface area (Å²) >= 11 is 3.55. The predicted molar refractivity (Wildman–Crippen MR) is 140 cm³/mol. The molecule has 8 nitrogen and oxygen atoms in total. The molecule has 1 aromatic carbocycles. The minimum absolute atomic E-state index is 0.0996. The number of carbonyl (C=O) groups excluding carboxylic acids is 1. The van der Waals surface area contributed by atoms with Gasteiger partial charge in [-0.1, -0.05) is 32.0 Å². The molecule has 13 heteroatoms. The Labute approximate surface area is 225 Å². The van der Waals surface area contributed by atoms with Crippen molar-refractivity contribution in [2.24, 2.45) is 5.73 Å². The Morgan fingerprint density at radius 3 is 2.50 bits per heavy atom. The first-order valence-corrected chi connectivity index (χ1v) is 13.9. The maximum absolute atomic E-state index is 13.2. The molecule has 2 aromatic rings. The number of aryl methyl sites for hydroxylation is 2. The molecule has 4 rings (SSSR count). The van der Waals surface area contributed by atoms with E-state index in [0.717, 1.165) is 6.42 Å². The number of anilines is 1. The molecule has 2 aliphatic rings. The Morgan fingerprint density at radius 1 is 1.16 bits per heavy atom. The van der Waals surface area contributed by atoms with Gasteiger partial charge in [-0.2, -0.15) is 21.6 Å². The molecule has 0 atom stereocenters. The number of aromatic nitrogens is 2. The molecule has 1 amide bonds. The summed E-state index contributed by atoms with van der Waals surface area (Å²) in [5.41, 5.74) is 3.33. The second-order valence-electron chi connectivity index (χ2n) is 8.53. The number of fused-ring (bicyclic) bond motifs is 1. The van der Waals surface area contributed by atoms with Crippen molar-refractivity contribution in [3.8, 4) is 22.3 Å². The molecule has 1 aliphatic heterocycles. The lowest BCUT2D eigenvalue weighted by molar-refractivity contribution is -0.0429. The van der Waals surface area contributed by atoms with E-state index in [9.17, 15) is 26.4 Å². The number of rotatable bonds is 9. The number of benzene rings is 1. The van der Waals surface area contributed by atoms with Gasteiger partial charge in [0.2, 0.25) is 0 Å². The summed E-state index contributed by atoms with van der Waals surface area (Å²) in [6.45, 7) is 3.93. The second kappa shape index (κ2) is 10.4. The fourth-order valence-corrected chi connectivity index (χ4v) is 5.80. The summed E-state index contributed by atoms with van der Waals surface area (Å²) in [6, 6.07) is 7.48. The molecule has 202 valence electrons. The summed E-state index contributed by atoms with van der Waals surface area (Å²) < 4.78 is 72.8. The maximum atomic E-state index is 13.2. The highest BCUT2D eigenvalue weighted by Crippen LogP contribution is 2.48. The topological polar surface area (TPSA) is 120 Å². The molecule has 2 heterocycles. The van der Waals surface area contributed by atoms with E-state index in [2.05, 4.69) is 20.9 Å². The molecule has 1 aromatic heterocycles. The molecule has 3 N–H and O–H groups in total. The number of primary amides is 1. The average Bonchev–Trinajstić information content (AvgIpc) is 3.34. The van der Waals surface area contributed by atoms with Crippen molar-refractivity contribution in [2.75, 3.05) is 4.72 Å². The lowest BCUT2D eigenvalue weighted by Gasteiger charge is -2.17. The van der Waals surface area contributed by atoms with E-state index in [1.54, 1.807) is 21.4 Å². The van der Waals surface area contributed by atoms with Crippen LogP contribution >= 0.6 is 15.9 Å². The first kappa shape index (κ1) is 27.7. The van der Waals surface area contributed by atoms with Crippen molar-refractivity contribution in [1.29, 1.82) is 0 Å². The number of sulfonamides is 1. The lowest BCUT2D eigenvalue weighted by atomic mass is 10.0. The largest absolute Gasteiger partial charge is 0.516 e. The molecular formula is C25H24BrF3N4O4S. The Hall–Kier alpha value is -3.32. The van der Waals surface area contributed by atoms with Crippen LogP contribution in [0.3, 0.4) is 0 Å². The molecule has 0 saturated carbocycles. The minimum Gasteiger partial charge on any atom is -0.472 e. The fourth-order valence-electron chi connectivity index (χ4n) is 4.46. The summed E-state index contributed by atoms with van der Waals surface area (Å²) in [6.07, 6.45) is 4.71. The number of nitrogens with zero attached hydrogens (tertiary/aromatic N) is 2. The molecular weight excluding hydrogens is 589 g/mol. The van der Waals surface area contributed by atoms with Gasteiger partial charge < -0.3 is 14.7 Å². The zero-order valence-corrected chi connectivity index (χ0v) is 22.8. The second-order valence-corrected chi connectivity index (χ2v) is 11.0. The van der Waals surface area contributed by atoms with Gasteiger partial charge in [0.05, 0.1) is 30.5 Å². The van der Waals surface area contributed by atoms with E-state index in [-0.39, 0.29) is 23.5 Å². The highest BCUT2D eigenvalue weighted by molar-refractivity contribution is 9.10. The Bertz CT molecular complexity index is 1580. The summed E-state index contributed by atoms with van der Waals surface area (Å²) in [5.74, 6) is -0.0113. The zero-order valence-electron chi connectivity index (χ0n) is 20.4. The number of hydrogen-bond acceptors (Lipinski definition) is 5. The van der Waals surface area contributed by atoms with E-state index >= 15 is 0 Å². The highest BCUT2D eigenvalue weighted by atomic mass is 79.9. The van der Waals surface area contributed by atoms with Gasteiger partial charge in [-0.15, -0.1) is 0 Å².